The molecule has 1 N–H and O–H groups in total. The highest BCUT2D eigenvalue weighted by atomic mass is 28.4. The number of benzene rings is 1. The van der Waals surface area contributed by atoms with Crippen LogP contribution in [0.4, 0.5) is 0 Å². The molecular weight excluding hydrogens is 745 g/mol. The zero-order valence-electron chi connectivity index (χ0n) is 35.8. The lowest BCUT2D eigenvalue weighted by molar-refractivity contribution is -0.360. The third kappa shape index (κ3) is 6.57. The van der Waals surface area contributed by atoms with E-state index in [1.165, 1.54) is 6.92 Å². The van der Waals surface area contributed by atoms with Crippen molar-refractivity contribution in [2.75, 3.05) is 6.61 Å². The van der Waals surface area contributed by atoms with Gasteiger partial charge >= 0.3 is 11.9 Å². The number of hydrogen-bond acceptors (Lipinski definition) is 10. The first-order valence-electron chi connectivity index (χ1n) is 21.3. The molecule has 4 fully saturated rings. The molecule has 0 aromatic heterocycles. The minimum Gasteiger partial charge on any atom is -0.455 e. The van der Waals surface area contributed by atoms with Crippen molar-refractivity contribution in [3.63, 3.8) is 0 Å². The van der Waals surface area contributed by atoms with E-state index in [0.717, 1.165) is 47.4 Å². The monoisotopic (exact) mass is 812 g/mol. The summed E-state index contributed by atoms with van der Waals surface area (Å²) in [6, 6.07) is 14.4. The topological polar surface area (TPSA) is 119 Å². The van der Waals surface area contributed by atoms with Crippen LogP contribution in [0.25, 0.3) is 0 Å². The SMILES string of the molecule is C=CC1OC2C3=C(C)C(O[Si](CC)(CC)CC)CC(O)(C(OC(=O)c4ccccc4)C4C5(OC(C)=O)COC5CC(O[Si](CC)(CC)CC)[C@@]4(C)C2O1)C3(C)C. The number of aliphatic hydroxyl groups is 1. The van der Waals surface area contributed by atoms with Gasteiger partial charge in [-0.25, -0.2) is 4.79 Å². The van der Waals surface area contributed by atoms with Gasteiger partial charge in [0.2, 0.25) is 0 Å². The fourth-order valence-electron chi connectivity index (χ4n) is 11.5. The summed E-state index contributed by atoms with van der Waals surface area (Å²) in [6.07, 6.45) is -2.59. The Balaban J connectivity index is 1.70. The Kier molecular flexibility index (Phi) is 12.2. The molecule has 6 rings (SSSR count). The van der Waals surface area contributed by atoms with E-state index in [-0.39, 0.29) is 13.0 Å². The van der Waals surface area contributed by atoms with Gasteiger partial charge in [0.1, 0.15) is 23.9 Å². The minimum absolute atomic E-state index is 0.0698. The van der Waals surface area contributed by atoms with Gasteiger partial charge in [-0.2, -0.15) is 0 Å². The Morgan fingerprint density at radius 3 is 2.04 bits per heavy atom. The van der Waals surface area contributed by atoms with Crippen molar-refractivity contribution < 1.29 is 47.2 Å². The van der Waals surface area contributed by atoms with Crippen LogP contribution in [0, 0.1) is 16.7 Å². The second kappa shape index (κ2) is 15.8. The van der Waals surface area contributed by atoms with Gasteiger partial charge in [-0.15, -0.1) is 0 Å². The molecule has 2 saturated carbocycles. The Morgan fingerprint density at radius 2 is 1.52 bits per heavy atom. The van der Waals surface area contributed by atoms with Gasteiger partial charge in [-0.05, 0) is 72.5 Å². The molecule has 12 heteroatoms. The van der Waals surface area contributed by atoms with Gasteiger partial charge in [0.15, 0.2) is 28.5 Å². The zero-order valence-corrected chi connectivity index (χ0v) is 37.8. The van der Waals surface area contributed by atoms with E-state index in [0.29, 0.717) is 12.0 Å². The Hall–Kier alpha value is -2.17. The van der Waals surface area contributed by atoms with Crippen LogP contribution >= 0.6 is 0 Å². The molecule has 2 bridgehead atoms. The maximum atomic E-state index is 14.6. The fraction of sp³-hybridized carbons (Fsp3) is 0.727. The molecule has 10 unspecified atom stereocenters. The van der Waals surface area contributed by atoms with Crippen LogP contribution < -0.4 is 0 Å². The number of rotatable bonds is 14. The normalized spacial score (nSPS) is 37.6. The predicted molar refractivity (Wildman–Crippen MR) is 220 cm³/mol. The average Bonchev–Trinajstić information content (AvgIpc) is 3.61. The molecule has 11 atom stereocenters. The van der Waals surface area contributed by atoms with Gasteiger partial charge < -0.3 is 37.6 Å². The molecule has 2 heterocycles. The van der Waals surface area contributed by atoms with Crippen molar-refractivity contribution in [1.29, 1.82) is 0 Å². The smallest absolute Gasteiger partial charge is 0.338 e. The number of carbonyl (C=O) groups is 2. The maximum absolute atomic E-state index is 14.6. The highest BCUT2D eigenvalue weighted by Crippen LogP contribution is 2.67. The molecule has 0 amide bonds. The largest absolute Gasteiger partial charge is 0.455 e. The van der Waals surface area contributed by atoms with E-state index in [2.05, 4.69) is 62.0 Å². The summed E-state index contributed by atoms with van der Waals surface area (Å²) in [5.41, 5.74) is -2.86. The van der Waals surface area contributed by atoms with Gasteiger partial charge in [-0.1, -0.05) is 87.1 Å². The third-order valence-corrected chi connectivity index (χ3v) is 24.8. The first-order valence-corrected chi connectivity index (χ1v) is 26.3. The molecule has 0 spiro atoms. The number of esters is 2. The summed E-state index contributed by atoms with van der Waals surface area (Å²) in [7, 11) is -4.59. The van der Waals surface area contributed by atoms with E-state index in [4.69, 9.17) is 32.5 Å². The average molecular weight is 813 g/mol. The minimum atomic E-state index is -2.33. The second-order valence-electron chi connectivity index (χ2n) is 17.9. The van der Waals surface area contributed by atoms with Crippen LogP contribution in [-0.4, -0.2) is 94.4 Å². The van der Waals surface area contributed by atoms with Gasteiger partial charge in [-0.3, -0.25) is 4.79 Å². The molecule has 2 aliphatic heterocycles. The molecule has 1 aromatic carbocycles. The quantitative estimate of drug-likeness (QED) is 0.111. The van der Waals surface area contributed by atoms with Crippen molar-refractivity contribution in [2.45, 2.75) is 179 Å². The molecule has 312 valence electrons. The Morgan fingerprint density at radius 1 is 0.929 bits per heavy atom. The van der Waals surface area contributed by atoms with E-state index >= 15 is 0 Å². The van der Waals surface area contributed by atoms with Gasteiger partial charge in [0.05, 0.1) is 36.4 Å². The van der Waals surface area contributed by atoms with E-state index < -0.39 is 99.4 Å². The highest BCUT2D eigenvalue weighted by molar-refractivity contribution is 6.74. The molecule has 1 aromatic rings. The zero-order chi connectivity index (χ0) is 41.1. The van der Waals surface area contributed by atoms with Crippen LogP contribution in [0.1, 0.15) is 99.4 Å². The Bertz CT molecular complexity index is 1640. The fourth-order valence-corrected chi connectivity index (χ4v) is 17.3. The molecule has 5 aliphatic rings. The second-order valence-corrected chi connectivity index (χ2v) is 27.3. The van der Waals surface area contributed by atoms with Gasteiger partial charge in [0, 0.05) is 30.6 Å². The lowest BCUT2D eigenvalue weighted by Gasteiger charge is -2.70. The summed E-state index contributed by atoms with van der Waals surface area (Å²) in [4.78, 5) is 28.0. The van der Waals surface area contributed by atoms with Crippen molar-refractivity contribution >= 4 is 28.6 Å². The van der Waals surface area contributed by atoms with E-state index in [1.807, 2.05) is 19.9 Å². The van der Waals surface area contributed by atoms with Crippen molar-refractivity contribution in [3.8, 4) is 0 Å². The lowest BCUT2D eigenvalue weighted by atomic mass is 9.44. The summed E-state index contributed by atoms with van der Waals surface area (Å²) in [6.45, 7) is 27.1. The number of fused-ring (bicyclic) bond motifs is 8. The van der Waals surface area contributed by atoms with E-state index in [1.54, 1.807) is 30.3 Å². The van der Waals surface area contributed by atoms with Crippen molar-refractivity contribution in [2.24, 2.45) is 16.7 Å². The van der Waals surface area contributed by atoms with Crippen LogP contribution in [0.3, 0.4) is 0 Å². The first kappa shape index (κ1) is 43.4. The maximum Gasteiger partial charge on any atom is 0.338 e. The summed E-state index contributed by atoms with van der Waals surface area (Å²) < 4.78 is 48.8. The van der Waals surface area contributed by atoms with E-state index in [9.17, 15) is 14.7 Å². The van der Waals surface area contributed by atoms with Crippen LogP contribution in [-0.2, 0) is 37.3 Å². The molecule has 0 radical (unpaired) electrons. The van der Waals surface area contributed by atoms with Crippen LogP contribution in [0.5, 0.6) is 0 Å². The van der Waals surface area contributed by atoms with Crippen molar-refractivity contribution in [3.05, 3.63) is 59.7 Å². The van der Waals surface area contributed by atoms with Crippen molar-refractivity contribution in [1.82, 2.24) is 0 Å². The number of hydrogen-bond donors (Lipinski definition) is 1. The molecular formula is C44H68O10Si2. The summed E-state index contributed by atoms with van der Waals surface area (Å²) in [5.74, 6) is -1.90. The lowest BCUT2D eigenvalue weighted by Crippen LogP contribution is -2.82. The predicted octanol–water partition coefficient (Wildman–Crippen LogP) is 8.51. The molecule has 10 nitrogen and oxygen atoms in total. The Labute approximate surface area is 337 Å². The first-order chi connectivity index (χ1) is 26.5. The van der Waals surface area contributed by atoms with Crippen LogP contribution in [0.15, 0.2) is 54.1 Å². The van der Waals surface area contributed by atoms with Gasteiger partial charge in [0.25, 0.3) is 0 Å². The number of ether oxygens (including phenoxy) is 5. The standard InChI is InChI=1S/C44H68O10Si2/c1-13-34-49-36-35-28(8)31(53-55(14-2,15-3)16-4)26-44(47,41(35,10)11)39(51-40(46)30-23-21-20-22-24-30)37-42(12,38(36)50-34)32(54-56(17-5,18-6)19-7)25-33-43(37,27-48-33)52-29(9)45/h13,20-24,31-34,36-39,47H,1,14-19,25-27H2,2-12H3/t31?,32?,33?,34?,36?,37?,38?,39?,42-,43?,44?/m1/s1. The number of carbonyl (C=O) groups excluding carboxylic acids is 2. The third-order valence-electron chi connectivity index (χ3n) is 15.5. The molecule has 2 saturated heterocycles. The molecule has 56 heavy (non-hydrogen) atoms. The summed E-state index contributed by atoms with van der Waals surface area (Å²) >= 11 is 0. The summed E-state index contributed by atoms with van der Waals surface area (Å²) in [5, 5.41) is 14.1. The van der Waals surface area contributed by atoms with Crippen LogP contribution in [0.2, 0.25) is 36.3 Å². The molecule has 3 aliphatic carbocycles. The highest BCUT2D eigenvalue weighted by Gasteiger charge is 2.79.